The minimum Gasteiger partial charge on any atom is -0.435 e. The van der Waals surface area contributed by atoms with Crippen LogP contribution in [0.3, 0.4) is 0 Å². The lowest BCUT2D eigenvalue weighted by atomic mass is 9.89. The van der Waals surface area contributed by atoms with E-state index in [9.17, 15) is 29.2 Å². The molecule has 0 amide bonds. The zero-order chi connectivity index (χ0) is 22.9. The second kappa shape index (κ2) is 9.27. The van der Waals surface area contributed by atoms with Crippen LogP contribution in [0.4, 0.5) is 17.6 Å². The predicted molar refractivity (Wildman–Crippen MR) is 100 cm³/mol. The van der Waals surface area contributed by atoms with E-state index in [-0.39, 0.29) is 16.3 Å². The van der Waals surface area contributed by atoms with Gasteiger partial charge >= 0.3 is 6.61 Å². The highest BCUT2D eigenvalue weighted by Crippen LogP contribution is 2.42. The fourth-order valence-electron chi connectivity index (χ4n) is 3.34. The highest BCUT2D eigenvalue weighted by molar-refractivity contribution is 6.31. The number of benzene rings is 2. The Labute approximate surface area is 179 Å². The number of halogens is 5. The first-order valence-corrected chi connectivity index (χ1v) is 9.47. The summed E-state index contributed by atoms with van der Waals surface area (Å²) in [7, 11) is 0. The summed E-state index contributed by atoms with van der Waals surface area (Å²) in [5, 5.41) is 39.1. The van der Waals surface area contributed by atoms with E-state index in [4.69, 9.17) is 16.3 Å². The third kappa shape index (κ3) is 4.79. The number of hydrogen-bond donors (Lipinski definition) is 4. The molecule has 2 aromatic carbocycles. The SMILES string of the molecule is OC[C@H]1O[C@@H](c2ccc(Cl)c(C(F)(F)c3ccc(OC(F)F)cc3)c2)[C@H](O)[C@@H](O)[C@@H]1O. The smallest absolute Gasteiger partial charge is 0.387 e. The van der Waals surface area contributed by atoms with Gasteiger partial charge in [-0.15, -0.1) is 0 Å². The molecule has 31 heavy (non-hydrogen) atoms. The Hall–Kier alpha value is -1.95. The standard InChI is InChI=1S/C20H19ClF4O6/c21-13-6-1-9(18-17(29)16(28)15(27)14(8-26)31-18)7-12(13)20(24,25)10-2-4-11(5-3-10)30-19(22)23/h1-7,14-19,26-29H,8H2/t14-,15-,16+,17-,18+/m1/s1. The summed E-state index contributed by atoms with van der Waals surface area (Å²) >= 11 is 5.98. The molecule has 1 saturated heterocycles. The molecule has 6 nitrogen and oxygen atoms in total. The molecule has 0 aliphatic carbocycles. The molecule has 1 fully saturated rings. The lowest BCUT2D eigenvalue weighted by molar-refractivity contribution is -0.231. The van der Waals surface area contributed by atoms with Crippen LogP contribution < -0.4 is 4.74 Å². The van der Waals surface area contributed by atoms with Crippen molar-refractivity contribution in [2.75, 3.05) is 6.61 Å². The lowest BCUT2D eigenvalue weighted by Crippen LogP contribution is -2.55. The van der Waals surface area contributed by atoms with E-state index >= 15 is 8.78 Å². The number of aliphatic hydroxyl groups is 4. The van der Waals surface area contributed by atoms with Crippen molar-refractivity contribution in [1.82, 2.24) is 0 Å². The van der Waals surface area contributed by atoms with Gasteiger partial charge < -0.3 is 29.9 Å². The van der Waals surface area contributed by atoms with Crippen LogP contribution >= 0.6 is 11.6 Å². The van der Waals surface area contributed by atoms with Crippen molar-refractivity contribution in [3.63, 3.8) is 0 Å². The van der Waals surface area contributed by atoms with Gasteiger partial charge in [-0.1, -0.05) is 17.7 Å². The van der Waals surface area contributed by atoms with Crippen LogP contribution in [0.5, 0.6) is 5.75 Å². The molecule has 3 rings (SSSR count). The van der Waals surface area contributed by atoms with Crippen LogP contribution in [-0.4, -0.2) is 58.1 Å². The summed E-state index contributed by atoms with van der Waals surface area (Å²) in [5.41, 5.74) is -1.19. The molecule has 170 valence electrons. The minimum atomic E-state index is -3.66. The van der Waals surface area contributed by atoms with E-state index in [1.54, 1.807) is 0 Å². The van der Waals surface area contributed by atoms with E-state index in [1.807, 2.05) is 0 Å². The quantitative estimate of drug-likeness (QED) is 0.488. The molecule has 1 aliphatic heterocycles. The second-order valence-electron chi connectivity index (χ2n) is 6.97. The number of ether oxygens (including phenoxy) is 2. The molecular weight excluding hydrogens is 448 g/mol. The molecule has 1 aliphatic rings. The maximum atomic E-state index is 15.2. The zero-order valence-electron chi connectivity index (χ0n) is 15.7. The number of rotatable bonds is 6. The van der Waals surface area contributed by atoms with Crippen molar-refractivity contribution < 1.29 is 47.5 Å². The molecule has 2 aromatic rings. The van der Waals surface area contributed by atoms with Gasteiger partial charge in [0.15, 0.2) is 0 Å². The molecule has 0 unspecified atom stereocenters. The molecule has 5 atom stereocenters. The van der Waals surface area contributed by atoms with E-state index in [0.717, 1.165) is 36.4 Å². The first-order valence-electron chi connectivity index (χ1n) is 9.10. The highest BCUT2D eigenvalue weighted by Gasteiger charge is 2.45. The Kier molecular flexibility index (Phi) is 7.09. The summed E-state index contributed by atoms with van der Waals surface area (Å²) < 4.78 is 64.4. The van der Waals surface area contributed by atoms with Gasteiger partial charge in [-0.25, -0.2) is 0 Å². The van der Waals surface area contributed by atoms with Gasteiger partial charge in [0.25, 0.3) is 5.92 Å². The van der Waals surface area contributed by atoms with Gasteiger partial charge in [-0.05, 0) is 42.0 Å². The van der Waals surface area contributed by atoms with Crippen molar-refractivity contribution in [3.05, 3.63) is 64.2 Å². The molecule has 11 heteroatoms. The number of aliphatic hydroxyl groups excluding tert-OH is 4. The summed E-state index contributed by atoms with van der Waals surface area (Å²) in [4.78, 5) is 0. The van der Waals surface area contributed by atoms with E-state index in [2.05, 4.69) is 4.74 Å². The van der Waals surface area contributed by atoms with Crippen LogP contribution in [0, 0.1) is 0 Å². The summed E-state index contributed by atoms with van der Waals surface area (Å²) in [6.07, 6.45) is -7.49. The molecule has 0 saturated carbocycles. The van der Waals surface area contributed by atoms with E-state index in [0.29, 0.717) is 0 Å². The Balaban J connectivity index is 1.94. The van der Waals surface area contributed by atoms with Crippen LogP contribution in [-0.2, 0) is 10.7 Å². The minimum absolute atomic E-state index is 0.0219. The summed E-state index contributed by atoms with van der Waals surface area (Å²) in [6.45, 7) is -3.78. The topological polar surface area (TPSA) is 99.4 Å². The fourth-order valence-corrected chi connectivity index (χ4v) is 3.58. The van der Waals surface area contributed by atoms with Crippen LogP contribution in [0.1, 0.15) is 22.8 Å². The van der Waals surface area contributed by atoms with Gasteiger partial charge in [0.1, 0.15) is 36.3 Å². The van der Waals surface area contributed by atoms with Gasteiger partial charge in [-0.2, -0.15) is 17.6 Å². The molecule has 0 spiro atoms. The molecule has 0 bridgehead atoms. The molecule has 1 heterocycles. The molecular formula is C20H19ClF4O6. The second-order valence-corrected chi connectivity index (χ2v) is 7.37. The van der Waals surface area contributed by atoms with Crippen LogP contribution in [0.25, 0.3) is 0 Å². The third-order valence-corrected chi connectivity index (χ3v) is 5.32. The van der Waals surface area contributed by atoms with Crippen molar-refractivity contribution in [3.8, 4) is 5.75 Å². The van der Waals surface area contributed by atoms with E-state index < -0.39 is 60.8 Å². The van der Waals surface area contributed by atoms with Gasteiger partial charge in [0, 0.05) is 11.1 Å². The van der Waals surface area contributed by atoms with Crippen LogP contribution in [0.2, 0.25) is 5.02 Å². The maximum absolute atomic E-state index is 15.2. The molecule has 4 N–H and O–H groups in total. The highest BCUT2D eigenvalue weighted by atomic mass is 35.5. The third-order valence-electron chi connectivity index (χ3n) is 4.99. The zero-order valence-corrected chi connectivity index (χ0v) is 16.5. The van der Waals surface area contributed by atoms with Gasteiger partial charge in [0.05, 0.1) is 11.6 Å². The molecule has 0 aromatic heterocycles. The largest absolute Gasteiger partial charge is 0.435 e. The van der Waals surface area contributed by atoms with Crippen molar-refractivity contribution >= 4 is 11.6 Å². The predicted octanol–water partition coefficient (Wildman–Crippen LogP) is 2.60. The Morgan fingerprint density at radius 1 is 1.00 bits per heavy atom. The monoisotopic (exact) mass is 466 g/mol. The van der Waals surface area contributed by atoms with Crippen molar-refractivity contribution in [2.24, 2.45) is 0 Å². The average Bonchev–Trinajstić information content (AvgIpc) is 2.73. The lowest BCUT2D eigenvalue weighted by Gasteiger charge is -2.40. The fraction of sp³-hybridized carbons (Fsp3) is 0.400. The Morgan fingerprint density at radius 2 is 1.65 bits per heavy atom. The number of alkyl halides is 4. The Bertz CT molecular complexity index is 896. The Morgan fingerprint density at radius 3 is 2.23 bits per heavy atom. The maximum Gasteiger partial charge on any atom is 0.387 e. The van der Waals surface area contributed by atoms with Crippen molar-refractivity contribution in [1.29, 1.82) is 0 Å². The first-order chi connectivity index (χ1) is 14.6. The van der Waals surface area contributed by atoms with Gasteiger partial charge in [0.2, 0.25) is 0 Å². The molecule has 0 radical (unpaired) electrons. The summed E-state index contributed by atoms with van der Waals surface area (Å²) in [5.74, 6) is -3.96. The summed E-state index contributed by atoms with van der Waals surface area (Å²) in [6, 6.07) is 7.17. The van der Waals surface area contributed by atoms with Crippen LogP contribution in [0.15, 0.2) is 42.5 Å². The van der Waals surface area contributed by atoms with E-state index in [1.165, 1.54) is 6.07 Å². The first kappa shape index (κ1) is 23.7. The average molecular weight is 467 g/mol. The van der Waals surface area contributed by atoms with Gasteiger partial charge in [-0.3, -0.25) is 0 Å². The normalized spacial score (nSPS) is 26.8. The number of hydrogen-bond acceptors (Lipinski definition) is 6. The van der Waals surface area contributed by atoms with Crippen molar-refractivity contribution in [2.45, 2.75) is 43.1 Å².